The van der Waals surface area contributed by atoms with E-state index in [-0.39, 0.29) is 6.54 Å². The van der Waals surface area contributed by atoms with Crippen LogP contribution in [0.4, 0.5) is 27.6 Å². The molecule has 0 saturated carbocycles. The molecule has 2 rings (SSSR count). The molecule has 2 aromatic carbocycles. The van der Waals surface area contributed by atoms with Gasteiger partial charge in [-0.2, -0.15) is 17.5 Å². The van der Waals surface area contributed by atoms with E-state index in [1.807, 2.05) is 5.32 Å². The van der Waals surface area contributed by atoms with Crippen molar-refractivity contribution < 1.29 is 35.2 Å². The van der Waals surface area contributed by atoms with Crippen LogP contribution in [-0.4, -0.2) is 31.7 Å². The highest BCUT2D eigenvalue weighted by atomic mass is 32.2. The predicted octanol–water partition coefficient (Wildman–Crippen LogP) is 3.63. The van der Waals surface area contributed by atoms with E-state index in [2.05, 4.69) is 0 Å². The van der Waals surface area contributed by atoms with E-state index in [0.717, 1.165) is 24.3 Å². The van der Waals surface area contributed by atoms with Crippen LogP contribution in [0.5, 0.6) is 0 Å². The van der Waals surface area contributed by atoms with E-state index in [4.69, 9.17) is 0 Å². The fraction of sp³-hybridized carbons (Fsp3) is 0.235. The summed E-state index contributed by atoms with van der Waals surface area (Å²) in [6, 6.07) is 6.13. The SMILES string of the molecule is CCN(CC(=O)Nc1ccccc1C(F)(F)F)S(=O)(=O)c1ccc(F)c(F)c1. The highest BCUT2D eigenvalue weighted by molar-refractivity contribution is 7.89. The normalized spacial score (nSPS) is 12.2. The average molecular weight is 422 g/mol. The summed E-state index contributed by atoms with van der Waals surface area (Å²) in [6.45, 7) is 0.341. The Hall–Kier alpha value is -2.53. The number of hydrogen-bond donors (Lipinski definition) is 1. The summed E-state index contributed by atoms with van der Waals surface area (Å²) < 4.78 is 91.0. The zero-order chi connectivity index (χ0) is 21.1. The van der Waals surface area contributed by atoms with E-state index < -0.39 is 56.4 Å². The van der Waals surface area contributed by atoms with Gasteiger partial charge in [-0.15, -0.1) is 0 Å². The van der Waals surface area contributed by atoms with Crippen molar-refractivity contribution in [1.29, 1.82) is 0 Å². The second kappa shape index (κ2) is 8.23. The fourth-order valence-corrected chi connectivity index (χ4v) is 3.76. The predicted molar refractivity (Wildman–Crippen MR) is 90.9 cm³/mol. The Bertz CT molecular complexity index is 977. The zero-order valence-corrected chi connectivity index (χ0v) is 15.2. The second-order valence-electron chi connectivity index (χ2n) is 5.60. The molecule has 28 heavy (non-hydrogen) atoms. The summed E-state index contributed by atoms with van der Waals surface area (Å²) in [5.41, 5.74) is -1.61. The lowest BCUT2D eigenvalue weighted by Gasteiger charge is -2.21. The van der Waals surface area contributed by atoms with E-state index in [1.165, 1.54) is 13.0 Å². The molecule has 0 radical (unpaired) electrons. The van der Waals surface area contributed by atoms with Crippen molar-refractivity contribution in [2.24, 2.45) is 0 Å². The number of likely N-dealkylation sites (N-methyl/N-ethyl adjacent to an activating group) is 1. The van der Waals surface area contributed by atoms with Gasteiger partial charge < -0.3 is 5.32 Å². The Balaban J connectivity index is 2.23. The highest BCUT2D eigenvalue weighted by Crippen LogP contribution is 2.34. The first-order chi connectivity index (χ1) is 13.0. The highest BCUT2D eigenvalue weighted by Gasteiger charge is 2.34. The van der Waals surface area contributed by atoms with Crippen LogP contribution in [0.25, 0.3) is 0 Å². The summed E-state index contributed by atoms with van der Waals surface area (Å²) in [4.78, 5) is 11.6. The molecule has 0 spiro atoms. The second-order valence-corrected chi connectivity index (χ2v) is 7.54. The number of benzene rings is 2. The molecule has 2 aromatic rings. The molecule has 0 saturated heterocycles. The standard InChI is InChI=1S/C17H15F5N2O3S/c1-2-24(28(26,27)11-7-8-13(18)14(19)9-11)10-16(25)23-15-6-4-3-5-12(15)17(20,21)22/h3-9H,2,10H2,1H3,(H,23,25). The summed E-state index contributed by atoms with van der Waals surface area (Å²) in [5.74, 6) is -3.66. The number of nitrogens with zero attached hydrogens (tertiary/aromatic N) is 1. The molecular weight excluding hydrogens is 407 g/mol. The van der Waals surface area contributed by atoms with Crippen molar-refractivity contribution in [3.05, 3.63) is 59.7 Å². The molecule has 1 N–H and O–H groups in total. The third-order valence-corrected chi connectivity index (χ3v) is 5.62. The van der Waals surface area contributed by atoms with Gasteiger partial charge in [0, 0.05) is 6.54 Å². The first-order valence-electron chi connectivity index (χ1n) is 7.88. The first kappa shape index (κ1) is 21.8. The number of halogens is 5. The maximum absolute atomic E-state index is 13.3. The van der Waals surface area contributed by atoms with Gasteiger partial charge in [0.2, 0.25) is 15.9 Å². The number of amides is 1. The van der Waals surface area contributed by atoms with E-state index in [0.29, 0.717) is 16.4 Å². The zero-order valence-electron chi connectivity index (χ0n) is 14.4. The molecule has 5 nitrogen and oxygen atoms in total. The molecular formula is C17H15F5N2O3S. The Morgan fingerprint density at radius 2 is 1.71 bits per heavy atom. The Morgan fingerprint density at radius 1 is 1.07 bits per heavy atom. The van der Waals surface area contributed by atoms with Gasteiger partial charge in [0.25, 0.3) is 0 Å². The third kappa shape index (κ3) is 4.84. The summed E-state index contributed by atoms with van der Waals surface area (Å²) in [5, 5.41) is 2.03. The number of anilines is 1. The van der Waals surface area contributed by atoms with Gasteiger partial charge in [-0.1, -0.05) is 19.1 Å². The number of sulfonamides is 1. The minimum atomic E-state index is -4.72. The van der Waals surface area contributed by atoms with Crippen LogP contribution in [0, 0.1) is 11.6 Å². The summed E-state index contributed by atoms with van der Waals surface area (Å²) >= 11 is 0. The molecule has 0 aliphatic carbocycles. The van der Waals surface area contributed by atoms with E-state index in [1.54, 1.807) is 0 Å². The van der Waals surface area contributed by atoms with Gasteiger partial charge in [-0.25, -0.2) is 17.2 Å². The van der Waals surface area contributed by atoms with Crippen molar-refractivity contribution in [2.75, 3.05) is 18.4 Å². The molecule has 11 heteroatoms. The van der Waals surface area contributed by atoms with Crippen LogP contribution >= 0.6 is 0 Å². The lowest BCUT2D eigenvalue weighted by Crippen LogP contribution is -2.38. The average Bonchev–Trinajstić information content (AvgIpc) is 2.61. The first-order valence-corrected chi connectivity index (χ1v) is 9.32. The number of hydrogen-bond acceptors (Lipinski definition) is 3. The summed E-state index contributed by atoms with van der Waals surface area (Å²) in [6.07, 6.45) is -4.72. The van der Waals surface area contributed by atoms with Gasteiger partial charge in [0.1, 0.15) is 0 Å². The quantitative estimate of drug-likeness (QED) is 0.723. The molecule has 0 aliphatic heterocycles. The summed E-state index contributed by atoms with van der Waals surface area (Å²) in [7, 11) is -4.37. The smallest absolute Gasteiger partial charge is 0.324 e. The Morgan fingerprint density at radius 3 is 2.29 bits per heavy atom. The molecule has 0 fully saturated rings. The van der Waals surface area contributed by atoms with Gasteiger partial charge >= 0.3 is 6.18 Å². The van der Waals surface area contributed by atoms with E-state index in [9.17, 15) is 35.2 Å². The van der Waals surface area contributed by atoms with Crippen molar-refractivity contribution in [1.82, 2.24) is 4.31 Å². The lowest BCUT2D eigenvalue weighted by atomic mass is 10.1. The molecule has 1 amide bonds. The molecule has 0 aromatic heterocycles. The van der Waals surface area contributed by atoms with Crippen LogP contribution in [-0.2, 0) is 21.0 Å². The molecule has 152 valence electrons. The lowest BCUT2D eigenvalue weighted by molar-refractivity contribution is -0.137. The third-order valence-electron chi connectivity index (χ3n) is 3.71. The van der Waals surface area contributed by atoms with Crippen LogP contribution in [0.3, 0.4) is 0 Å². The number of alkyl halides is 3. The van der Waals surface area contributed by atoms with E-state index >= 15 is 0 Å². The van der Waals surface area contributed by atoms with Crippen LogP contribution in [0.15, 0.2) is 47.4 Å². The maximum Gasteiger partial charge on any atom is 0.418 e. The largest absolute Gasteiger partial charge is 0.418 e. The molecule has 0 atom stereocenters. The fourth-order valence-electron chi connectivity index (χ4n) is 2.34. The van der Waals surface area contributed by atoms with Gasteiger partial charge in [0.15, 0.2) is 11.6 Å². The molecule has 0 aliphatic rings. The molecule has 0 unspecified atom stereocenters. The monoisotopic (exact) mass is 422 g/mol. The van der Waals surface area contributed by atoms with Crippen LogP contribution in [0.1, 0.15) is 12.5 Å². The van der Waals surface area contributed by atoms with Gasteiger partial charge in [-0.05, 0) is 30.3 Å². The minimum absolute atomic E-state index is 0.227. The minimum Gasteiger partial charge on any atom is -0.324 e. The van der Waals surface area contributed by atoms with Gasteiger partial charge in [0.05, 0.1) is 22.7 Å². The Kier molecular flexibility index (Phi) is 6.40. The molecule has 0 heterocycles. The maximum atomic E-state index is 13.3. The van der Waals surface area contributed by atoms with Crippen molar-refractivity contribution >= 4 is 21.6 Å². The Labute approximate surface area is 157 Å². The van der Waals surface area contributed by atoms with Crippen LogP contribution < -0.4 is 5.32 Å². The van der Waals surface area contributed by atoms with Gasteiger partial charge in [-0.3, -0.25) is 4.79 Å². The van der Waals surface area contributed by atoms with Crippen molar-refractivity contribution in [3.8, 4) is 0 Å². The van der Waals surface area contributed by atoms with Crippen molar-refractivity contribution in [3.63, 3.8) is 0 Å². The number of carbonyl (C=O) groups is 1. The number of nitrogens with one attached hydrogen (secondary N) is 1. The number of para-hydroxylation sites is 1. The van der Waals surface area contributed by atoms with Crippen LogP contribution in [0.2, 0.25) is 0 Å². The topological polar surface area (TPSA) is 66.5 Å². The number of rotatable bonds is 6. The molecule has 0 bridgehead atoms. The number of carbonyl (C=O) groups excluding carboxylic acids is 1. The van der Waals surface area contributed by atoms with Crippen molar-refractivity contribution in [2.45, 2.75) is 18.0 Å².